The SMILES string of the molecule is COc1ccc(OCC(=O)NCCc2ccccn2)cc1. The number of aromatic nitrogens is 1. The Hall–Kier alpha value is -2.56. The van der Waals surface area contributed by atoms with Gasteiger partial charge in [0, 0.05) is 24.9 Å². The van der Waals surface area contributed by atoms with E-state index in [1.807, 2.05) is 18.2 Å². The quantitative estimate of drug-likeness (QED) is 0.843. The Labute approximate surface area is 123 Å². The predicted molar refractivity (Wildman–Crippen MR) is 79.4 cm³/mol. The van der Waals surface area contributed by atoms with Crippen LogP contribution in [0.1, 0.15) is 5.69 Å². The first kappa shape index (κ1) is 14.8. The molecule has 0 spiro atoms. The summed E-state index contributed by atoms with van der Waals surface area (Å²) in [6, 6.07) is 12.8. The number of ether oxygens (including phenoxy) is 2. The molecule has 0 radical (unpaired) electrons. The molecule has 0 aliphatic rings. The lowest BCUT2D eigenvalue weighted by Crippen LogP contribution is -2.30. The van der Waals surface area contributed by atoms with Gasteiger partial charge in [0.1, 0.15) is 11.5 Å². The van der Waals surface area contributed by atoms with Crippen molar-refractivity contribution >= 4 is 5.91 Å². The monoisotopic (exact) mass is 286 g/mol. The minimum Gasteiger partial charge on any atom is -0.497 e. The van der Waals surface area contributed by atoms with Crippen LogP contribution in [-0.4, -0.2) is 31.2 Å². The Balaban J connectivity index is 1.67. The molecule has 1 amide bonds. The predicted octanol–water partition coefficient (Wildman–Crippen LogP) is 1.83. The molecule has 0 aliphatic carbocycles. The van der Waals surface area contributed by atoms with Crippen molar-refractivity contribution in [2.75, 3.05) is 20.3 Å². The third-order valence-corrected chi connectivity index (χ3v) is 2.86. The van der Waals surface area contributed by atoms with Crippen LogP contribution in [0.2, 0.25) is 0 Å². The number of pyridine rings is 1. The summed E-state index contributed by atoms with van der Waals surface area (Å²) in [5.74, 6) is 1.24. The summed E-state index contributed by atoms with van der Waals surface area (Å²) in [7, 11) is 1.60. The molecule has 0 saturated heterocycles. The molecule has 0 fully saturated rings. The second kappa shape index (κ2) is 7.89. The van der Waals surface area contributed by atoms with Gasteiger partial charge in [-0.15, -0.1) is 0 Å². The maximum absolute atomic E-state index is 11.6. The lowest BCUT2D eigenvalue weighted by Gasteiger charge is -2.08. The molecule has 110 valence electrons. The minimum absolute atomic E-state index is 0.00541. The van der Waals surface area contributed by atoms with Gasteiger partial charge in [-0.05, 0) is 36.4 Å². The molecule has 1 aromatic heterocycles. The highest BCUT2D eigenvalue weighted by Crippen LogP contribution is 2.16. The van der Waals surface area contributed by atoms with Gasteiger partial charge in [0.15, 0.2) is 6.61 Å². The van der Waals surface area contributed by atoms with Gasteiger partial charge in [-0.3, -0.25) is 9.78 Å². The maximum Gasteiger partial charge on any atom is 0.257 e. The summed E-state index contributed by atoms with van der Waals surface area (Å²) in [5.41, 5.74) is 0.953. The van der Waals surface area contributed by atoms with E-state index in [9.17, 15) is 4.79 Å². The van der Waals surface area contributed by atoms with Gasteiger partial charge < -0.3 is 14.8 Å². The third-order valence-electron chi connectivity index (χ3n) is 2.86. The largest absolute Gasteiger partial charge is 0.497 e. The van der Waals surface area contributed by atoms with E-state index >= 15 is 0 Å². The fourth-order valence-electron chi connectivity index (χ4n) is 1.75. The van der Waals surface area contributed by atoms with Crippen LogP contribution in [0.4, 0.5) is 0 Å². The minimum atomic E-state index is -0.151. The number of benzene rings is 1. The molecule has 5 nitrogen and oxygen atoms in total. The second-order valence-corrected chi connectivity index (χ2v) is 4.39. The van der Waals surface area contributed by atoms with E-state index in [2.05, 4.69) is 10.3 Å². The normalized spacial score (nSPS) is 9.95. The molecule has 21 heavy (non-hydrogen) atoms. The van der Waals surface area contributed by atoms with E-state index in [0.29, 0.717) is 18.7 Å². The molecular formula is C16H18N2O3. The van der Waals surface area contributed by atoms with Crippen LogP contribution in [0.5, 0.6) is 11.5 Å². The average Bonchev–Trinajstić information content (AvgIpc) is 2.54. The highest BCUT2D eigenvalue weighted by Gasteiger charge is 2.03. The number of rotatable bonds is 7. The molecule has 1 heterocycles. The molecule has 2 rings (SSSR count). The third kappa shape index (κ3) is 5.14. The first-order valence-electron chi connectivity index (χ1n) is 6.71. The Morgan fingerprint density at radius 1 is 1.14 bits per heavy atom. The van der Waals surface area contributed by atoms with Crippen molar-refractivity contribution in [3.8, 4) is 11.5 Å². The van der Waals surface area contributed by atoms with Gasteiger partial charge in [0.05, 0.1) is 7.11 Å². The summed E-state index contributed by atoms with van der Waals surface area (Å²) in [6.45, 7) is 0.538. The zero-order valence-corrected chi connectivity index (χ0v) is 11.9. The van der Waals surface area contributed by atoms with Crippen LogP contribution in [-0.2, 0) is 11.2 Å². The van der Waals surface area contributed by atoms with Gasteiger partial charge in [-0.1, -0.05) is 6.07 Å². The van der Waals surface area contributed by atoms with E-state index in [-0.39, 0.29) is 12.5 Å². The first-order chi connectivity index (χ1) is 10.3. The van der Waals surface area contributed by atoms with E-state index in [1.54, 1.807) is 37.6 Å². The van der Waals surface area contributed by atoms with E-state index < -0.39 is 0 Å². The molecule has 5 heteroatoms. The molecule has 1 aromatic carbocycles. The Kier molecular flexibility index (Phi) is 5.58. The molecule has 0 saturated carbocycles. The number of carbonyl (C=O) groups is 1. The van der Waals surface area contributed by atoms with Gasteiger partial charge in [-0.25, -0.2) is 0 Å². The fourth-order valence-corrected chi connectivity index (χ4v) is 1.75. The van der Waals surface area contributed by atoms with Crippen molar-refractivity contribution < 1.29 is 14.3 Å². The Bertz CT molecular complexity index is 555. The summed E-state index contributed by atoms with van der Waals surface area (Å²) in [4.78, 5) is 15.8. The van der Waals surface area contributed by atoms with Crippen LogP contribution in [0, 0.1) is 0 Å². The number of carbonyl (C=O) groups excluding carboxylic acids is 1. The van der Waals surface area contributed by atoms with E-state index in [4.69, 9.17) is 9.47 Å². The highest BCUT2D eigenvalue weighted by molar-refractivity contribution is 5.77. The van der Waals surface area contributed by atoms with Gasteiger partial charge >= 0.3 is 0 Å². The maximum atomic E-state index is 11.6. The zero-order valence-electron chi connectivity index (χ0n) is 11.9. The fraction of sp³-hybridized carbons (Fsp3) is 0.250. The van der Waals surface area contributed by atoms with Crippen molar-refractivity contribution in [3.63, 3.8) is 0 Å². The van der Waals surface area contributed by atoms with Crippen LogP contribution in [0.15, 0.2) is 48.7 Å². The number of hydrogen-bond donors (Lipinski definition) is 1. The molecule has 2 aromatic rings. The van der Waals surface area contributed by atoms with Crippen LogP contribution in [0.3, 0.4) is 0 Å². The van der Waals surface area contributed by atoms with Gasteiger partial charge in [0.25, 0.3) is 5.91 Å². The molecule has 0 unspecified atom stereocenters. The number of hydrogen-bond acceptors (Lipinski definition) is 4. The van der Waals surface area contributed by atoms with Crippen molar-refractivity contribution in [1.29, 1.82) is 0 Å². The molecule has 0 bridgehead atoms. The highest BCUT2D eigenvalue weighted by atomic mass is 16.5. The lowest BCUT2D eigenvalue weighted by atomic mass is 10.3. The first-order valence-corrected chi connectivity index (χ1v) is 6.71. The smallest absolute Gasteiger partial charge is 0.257 e. The summed E-state index contributed by atoms with van der Waals surface area (Å²) < 4.78 is 10.4. The second-order valence-electron chi connectivity index (χ2n) is 4.39. The molecule has 1 N–H and O–H groups in total. The molecular weight excluding hydrogens is 268 g/mol. The van der Waals surface area contributed by atoms with E-state index in [0.717, 1.165) is 11.4 Å². The topological polar surface area (TPSA) is 60.5 Å². The van der Waals surface area contributed by atoms with Crippen LogP contribution < -0.4 is 14.8 Å². The standard InChI is InChI=1S/C16H18N2O3/c1-20-14-5-7-15(8-6-14)21-12-16(19)18-11-9-13-4-2-3-10-17-13/h2-8,10H,9,11-12H2,1H3,(H,18,19). The molecule has 0 atom stereocenters. The number of amides is 1. The summed E-state index contributed by atoms with van der Waals surface area (Å²) >= 11 is 0. The zero-order chi connectivity index (χ0) is 14.9. The van der Waals surface area contributed by atoms with Crippen molar-refractivity contribution in [3.05, 3.63) is 54.4 Å². The van der Waals surface area contributed by atoms with Gasteiger partial charge in [0.2, 0.25) is 0 Å². The number of methoxy groups -OCH3 is 1. The Morgan fingerprint density at radius 3 is 2.57 bits per heavy atom. The Morgan fingerprint density at radius 2 is 1.90 bits per heavy atom. The lowest BCUT2D eigenvalue weighted by molar-refractivity contribution is -0.123. The average molecular weight is 286 g/mol. The number of nitrogens with zero attached hydrogens (tertiary/aromatic N) is 1. The van der Waals surface area contributed by atoms with Crippen LogP contribution >= 0.6 is 0 Å². The molecule has 0 aliphatic heterocycles. The van der Waals surface area contributed by atoms with Crippen LogP contribution in [0.25, 0.3) is 0 Å². The van der Waals surface area contributed by atoms with Crippen molar-refractivity contribution in [2.24, 2.45) is 0 Å². The van der Waals surface area contributed by atoms with Gasteiger partial charge in [-0.2, -0.15) is 0 Å². The number of nitrogens with one attached hydrogen (secondary N) is 1. The summed E-state index contributed by atoms with van der Waals surface area (Å²) in [5, 5.41) is 2.80. The van der Waals surface area contributed by atoms with E-state index in [1.165, 1.54) is 0 Å². The van der Waals surface area contributed by atoms with Crippen molar-refractivity contribution in [2.45, 2.75) is 6.42 Å². The summed E-state index contributed by atoms with van der Waals surface area (Å²) in [6.07, 6.45) is 2.44. The van der Waals surface area contributed by atoms with Crippen molar-refractivity contribution in [1.82, 2.24) is 10.3 Å².